The quantitative estimate of drug-likeness (QED) is 0.648. The van der Waals surface area contributed by atoms with Gasteiger partial charge in [-0.05, 0) is 19.8 Å². The van der Waals surface area contributed by atoms with Crippen LogP contribution in [0.15, 0.2) is 12.3 Å². The van der Waals surface area contributed by atoms with Crippen LogP contribution < -0.4 is 5.32 Å². The van der Waals surface area contributed by atoms with Gasteiger partial charge in [0.1, 0.15) is 0 Å². The SMILES string of the molecule is C=C(NC(C)C)C(O)C(C)C. The lowest BCUT2D eigenvalue weighted by atomic mass is 10.0. The Bertz CT molecular complexity index is 130. The second-order valence-electron chi connectivity index (χ2n) is 3.51. The molecule has 0 aromatic carbocycles. The van der Waals surface area contributed by atoms with Gasteiger partial charge in [0, 0.05) is 11.7 Å². The average molecular weight is 157 g/mol. The lowest BCUT2D eigenvalue weighted by Crippen LogP contribution is -2.31. The molecule has 2 heteroatoms. The maximum atomic E-state index is 9.48. The van der Waals surface area contributed by atoms with Crippen molar-refractivity contribution in [1.29, 1.82) is 0 Å². The summed E-state index contributed by atoms with van der Waals surface area (Å²) < 4.78 is 0. The smallest absolute Gasteiger partial charge is 0.0951 e. The Labute approximate surface area is 69.3 Å². The van der Waals surface area contributed by atoms with Gasteiger partial charge in [-0.1, -0.05) is 20.4 Å². The second-order valence-corrected chi connectivity index (χ2v) is 3.51. The first-order valence-electron chi connectivity index (χ1n) is 4.08. The molecule has 0 aliphatic heterocycles. The maximum absolute atomic E-state index is 9.48. The number of aliphatic hydroxyl groups is 1. The summed E-state index contributed by atoms with van der Waals surface area (Å²) in [5, 5.41) is 12.6. The molecule has 0 aliphatic carbocycles. The topological polar surface area (TPSA) is 32.3 Å². The fraction of sp³-hybridized carbons (Fsp3) is 0.778. The van der Waals surface area contributed by atoms with Crippen molar-refractivity contribution in [2.24, 2.45) is 5.92 Å². The van der Waals surface area contributed by atoms with E-state index in [0.717, 1.165) is 5.70 Å². The Morgan fingerprint density at radius 1 is 1.27 bits per heavy atom. The van der Waals surface area contributed by atoms with Crippen molar-refractivity contribution in [3.8, 4) is 0 Å². The van der Waals surface area contributed by atoms with Gasteiger partial charge in [0.25, 0.3) is 0 Å². The Hall–Kier alpha value is -0.500. The fourth-order valence-electron chi connectivity index (χ4n) is 0.859. The van der Waals surface area contributed by atoms with E-state index >= 15 is 0 Å². The number of nitrogens with one attached hydrogen (secondary N) is 1. The Kier molecular flexibility index (Phi) is 4.19. The molecular weight excluding hydrogens is 138 g/mol. The summed E-state index contributed by atoms with van der Waals surface area (Å²) in [6.45, 7) is 11.7. The van der Waals surface area contributed by atoms with Gasteiger partial charge in [0.15, 0.2) is 0 Å². The van der Waals surface area contributed by atoms with Crippen LogP contribution in [0, 0.1) is 5.92 Å². The van der Waals surface area contributed by atoms with Gasteiger partial charge in [-0.2, -0.15) is 0 Å². The molecule has 0 saturated carbocycles. The molecule has 0 fully saturated rings. The third-order valence-electron chi connectivity index (χ3n) is 1.46. The lowest BCUT2D eigenvalue weighted by Gasteiger charge is -2.20. The van der Waals surface area contributed by atoms with Crippen LogP contribution in [0.1, 0.15) is 27.7 Å². The predicted molar refractivity (Wildman–Crippen MR) is 48.3 cm³/mol. The van der Waals surface area contributed by atoms with Gasteiger partial charge in [-0.3, -0.25) is 0 Å². The van der Waals surface area contributed by atoms with E-state index in [2.05, 4.69) is 11.9 Å². The minimum atomic E-state index is -0.433. The summed E-state index contributed by atoms with van der Waals surface area (Å²) in [4.78, 5) is 0. The molecule has 1 unspecified atom stereocenters. The highest BCUT2D eigenvalue weighted by molar-refractivity contribution is 5.00. The van der Waals surface area contributed by atoms with Crippen molar-refractivity contribution < 1.29 is 5.11 Å². The van der Waals surface area contributed by atoms with Gasteiger partial charge in [-0.25, -0.2) is 0 Å². The molecule has 66 valence electrons. The number of rotatable bonds is 4. The molecule has 0 heterocycles. The van der Waals surface area contributed by atoms with Gasteiger partial charge in [0.05, 0.1) is 6.10 Å². The molecule has 0 aromatic rings. The average Bonchev–Trinajstić information content (AvgIpc) is 1.84. The summed E-state index contributed by atoms with van der Waals surface area (Å²) in [5.41, 5.74) is 0.718. The molecular formula is C9H19NO. The van der Waals surface area contributed by atoms with Crippen molar-refractivity contribution in [3.63, 3.8) is 0 Å². The monoisotopic (exact) mass is 157 g/mol. The summed E-state index contributed by atoms with van der Waals surface area (Å²) in [6.07, 6.45) is -0.433. The van der Waals surface area contributed by atoms with Crippen LogP contribution >= 0.6 is 0 Å². The number of hydrogen-bond donors (Lipinski definition) is 2. The van der Waals surface area contributed by atoms with Crippen molar-refractivity contribution in [2.75, 3.05) is 0 Å². The van der Waals surface area contributed by atoms with Crippen molar-refractivity contribution in [1.82, 2.24) is 5.32 Å². The molecule has 0 spiro atoms. The van der Waals surface area contributed by atoms with Gasteiger partial charge < -0.3 is 10.4 Å². The van der Waals surface area contributed by atoms with Crippen LogP contribution in [0.4, 0.5) is 0 Å². The normalized spacial score (nSPS) is 13.7. The first kappa shape index (κ1) is 10.5. The second kappa shape index (κ2) is 4.39. The molecule has 11 heavy (non-hydrogen) atoms. The van der Waals surface area contributed by atoms with Crippen LogP contribution in [0.5, 0.6) is 0 Å². The van der Waals surface area contributed by atoms with E-state index in [0.29, 0.717) is 6.04 Å². The summed E-state index contributed by atoms with van der Waals surface area (Å²) in [7, 11) is 0. The van der Waals surface area contributed by atoms with E-state index in [1.807, 2.05) is 27.7 Å². The molecule has 0 radical (unpaired) electrons. The molecule has 1 atom stereocenters. The highest BCUT2D eigenvalue weighted by atomic mass is 16.3. The third kappa shape index (κ3) is 4.04. The zero-order chi connectivity index (χ0) is 9.02. The predicted octanol–water partition coefficient (Wildman–Crippen LogP) is 1.51. The molecule has 0 aliphatic rings. The first-order valence-corrected chi connectivity index (χ1v) is 4.08. The fourth-order valence-corrected chi connectivity index (χ4v) is 0.859. The Morgan fingerprint density at radius 2 is 1.73 bits per heavy atom. The van der Waals surface area contributed by atoms with E-state index in [1.165, 1.54) is 0 Å². The van der Waals surface area contributed by atoms with Gasteiger partial charge in [-0.15, -0.1) is 0 Å². The van der Waals surface area contributed by atoms with Crippen LogP contribution in [0.2, 0.25) is 0 Å². The zero-order valence-electron chi connectivity index (χ0n) is 7.89. The van der Waals surface area contributed by atoms with Crippen molar-refractivity contribution >= 4 is 0 Å². The standard InChI is InChI=1S/C9H19NO/c1-6(2)9(11)8(5)10-7(3)4/h6-7,9-11H,5H2,1-4H3. The largest absolute Gasteiger partial charge is 0.387 e. The van der Waals surface area contributed by atoms with Crippen LogP contribution in [0.3, 0.4) is 0 Å². The maximum Gasteiger partial charge on any atom is 0.0951 e. The summed E-state index contributed by atoms with van der Waals surface area (Å²) in [5.74, 6) is 0.230. The Morgan fingerprint density at radius 3 is 2.00 bits per heavy atom. The minimum Gasteiger partial charge on any atom is -0.387 e. The first-order chi connectivity index (χ1) is 4.95. The van der Waals surface area contributed by atoms with Gasteiger partial charge in [0.2, 0.25) is 0 Å². The van der Waals surface area contributed by atoms with E-state index in [-0.39, 0.29) is 5.92 Å². The summed E-state index contributed by atoms with van der Waals surface area (Å²) >= 11 is 0. The molecule has 2 N–H and O–H groups in total. The van der Waals surface area contributed by atoms with Gasteiger partial charge >= 0.3 is 0 Å². The van der Waals surface area contributed by atoms with E-state index in [1.54, 1.807) is 0 Å². The Balaban J connectivity index is 3.83. The van der Waals surface area contributed by atoms with Crippen molar-refractivity contribution in [2.45, 2.75) is 39.8 Å². The highest BCUT2D eigenvalue weighted by Gasteiger charge is 2.12. The number of hydrogen-bond acceptors (Lipinski definition) is 2. The highest BCUT2D eigenvalue weighted by Crippen LogP contribution is 2.07. The summed E-state index contributed by atoms with van der Waals surface area (Å²) in [6, 6.07) is 0.343. The molecule has 0 bridgehead atoms. The third-order valence-corrected chi connectivity index (χ3v) is 1.46. The molecule has 0 aromatic heterocycles. The number of aliphatic hydroxyl groups excluding tert-OH is 1. The molecule has 0 rings (SSSR count). The van der Waals surface area contributed by atoms with E-state index < -0.39 is 6.10 Å². The molecule has 2 nitrogen and oxygen atoms in total. The molecule has 0 amide bonds. The van der Waals surface area contributed by atoms with Crippen LogP contribution in [-0.2, 0) is 0 Å². The zero-order valence-corrected chi connectivity index (χ0v) is 7.89. The van der Waals surface area contributed by atoms with Crippen LogP contribution in [-0.4, -0.2) is 17.3 Å². The molecule has 0 saturated heterocycles. The van der Waals surface area contributed by atoms with Crippen molar-refractivity contribution in [3.05, 3.63) is 12.3 Å². The van der Waals surface area contributed by atoms with Crippen LogP contribution in [0.25, 0.3) is 0 Å². The lowest BCUT2D eigenvalue weighted by molar-refractivity contribution is 0.151. The minimum absolute atomic E-state index is 0.230. The van der Waals surface area contributed by atoms with E-state index in [4.69, 9.17) is 0 Å². The van der Waals surface area contributed by atoms with E-state index in [9.17, 15) is 5.11 Å².